The van der Waals surface area contributed by atoms with Crippen molar-refractivity contribution in [2.45, 2.75) is 13.8 Å². The SMILES string of the molecule is Cc1ccc(C=C2N=C(/C=C/c3ccc(C)cc3)OC2=O)cc1. The number of benzene rings is 2. The maximum Gasteiger partial charge on any atom is 0.363 e. The summed E-state index contributed by atoms with van der Waals surface area (Å²) in [5.41, 5.74) is 4.65. The fourth-order valence-electron chi connectivity index (χ4n) is 2.16. The molecule has 1 aliphatic heterocycles. The van der Waals surface area contributed by atoms with E-state index in [9.17, 15) is 4.79 Å². The molecule has 0 bridgehead atoms. The third kappa shape index (κ3) is 3.83. The largest absolute Gasteiger partial charge is 0.403 e. The van der Waals surface area contributed by atoms with E-state index < -0.39 is 5.97 Å². The smallest absolute Gasteiger partial charge is 0.363 e. The molecule has 0 spiro atoms. The Bertz CT molecular complexity index is 810. The van der Waals surface area contributed by atoms with Gasteiger partial charge in [-0.1, -0.05) is 59.7 Å². The molecule has 0 radical (unpaired) electrons. The molecular weight excluding hydrogens is 286 g/mol. The van der Waals surface area contributed by atoms with Crippen molar-refractivity contribution in [3.05, 3.63) is 82.6 Å². The van der Waals surface area contributed by atoms with Crippen LogP contribution in [0.4, 0.5) is 0 Å². The van der Waals surface area contributed by atoms with Crippen LogP contribution in [0.3, 0.4) is 0 Å². The minimum absolute atomic E-state index is 0.314. The van der Waals surface area contributed by atoms with Gasteiger partial charge in [0, 0.05) is 6.08 Å². The van der Waals surface area contributed by atoms with Crippen LogP contribution >= 0.6 is 0 Å². The number of carbonyl (C=O) groups excluding carboxylic acids is 1. The van der Waals surface area contributed by atoms with Gasteiger partial charge in [0.25, 0.3) is 0 Å². The summed E-state index contributed by atoms with van der Waals surface area (Å²) in [5, 5.41) is 0. The summed E-state index contributed by atoms with van der Waals surface area (Å²) in [6.45, 7) is 4.06. The summed E-state index contributed by atoms with van der Waals surface area (Å²) < 4.78 is 5.17. The molecule has 1 heterocycles. The lowest BCUT2D eigenvalue weighted by Crippen LogP contribution is -2.01. The normalized spacial score (nSPS) is 16.0. The molecule has 1 aliphatic rings. The molecule has 3 nitrogen and oxygen atoms in total. The van der Waals surface area contributed by atoms with Crippen molar-refractivity contribution in [1.29, 1.82) is 0 Å². The number of hydrogen-bond acceptors (Lipinski definition) is 3. The van der Waals surface area contributed by atoms with Crippen LogP contribution in [0.2, 0.25) is 0 Å². The van der Waals surface area contributed by atoms with Gasteiger partial charge in [-0.25, -0.2) is 9.79 Å². The molecule has 0 unspecified atom stereocenters. The Balaban J connectivity index is 1.78. The number of ether oxygens (including phenoxy) is 1. The van der Waals surface area contributed by atoms with Crippen molar-refractivity contribution in [2.75, 3.05) is 0 Å². The summed E-state index contributed by atoms with van der Waals surface area (Å²) in [7, 11) is 0. The van der Waals surface area contributed by atoms with Crippen LogP contribution in [-0.4, -0.2) is 11.9 Å². The van der Waals surface area contributed by atoms with Crippen molar-refractivity contribution < 1.29 is 9.53 Å². The average molecular weight is 303 g/mol. The Hall–Kier alpha value is -2.94. The first-order valence-corrected chi connectivity index (χ1v) is 7.44. The van der Waals surface area contributed by atoms with Gasteiger partial charge in [0.2, 0.25) is 5.90 Å². The van der Waals surface area contributed by atoms with E-state index in [0.29, 0.717) is 11.6 Å². The van der Waals surface area contributed by atoms with Crippen LogP contribution in [-0.2, 0) is 9.53 Å². The molecule has 0 saturated carbocycles. The van der Waals surface area contributed by atoms with Crippen LogP contribution in [0.1, 0.15) is 22.3 Å². The van der Waals surface area contributed by atoms with Gasteiger partial charge in [0.1, 0.15) is 0 Å². The number of aryl methyl sites for hydroxylation is 2. The Morgan fingerprint density at radius 3 is 2.00 bits per heavy atom. The molecule has 0 saturated heterocycles. The molecule has 2 aromatic carbocycles. The van der Waals surface area contributed by atoms with Gasteiger partial charge in [0.05, 0.1) is 0 Å². The zero-order valence-electron chi connectivity index (χ0n) is 13.1. The number of hydrogen-bond donors (Lipinski definition) is 0. The van der Waals surface area contributed by atoms with E-state index in [-0.39, 0.29) is 0 Å². The van der Waals surface area contributed by atoms with Gasteiger partial charge in [-0.05, 0) is 37.1 Å². The Labute approximate surface area is 135 Å². The second kappa shape index (κ2) is 6.44. The summed E-state index contributed by atoms with van der Waals surface area (Å²) in [6.07, 6.45) is 5.31. The van der Waals surface area contributed by atoms with Crippen LogP contribution in [0.5, 0.6) is 0 Å². The van der Waals surface area contributed by atoms with Crippen LogP contribution in [0.25, 0.3) is 12.2 Å². The number of aliphatic imine (C=N–C) groups is 1. The molecule has 2 aromatic rings. The summed E-state index contributed by atoms with van der Waals surface area (Å²) >= 11 is 0. The number of rotatable bonds is 3. The Morgan fingerprint density at radius 1 is 0.826 bits per heavy atom. The standard InChI is InChI=1S/C20H17NO2/c1-14-3-7-16(8-4-14)11-12-19-21-18(20(22)23-19)13-17-9-5-15(2)6-10-17/h3-13H,1-2H3/b12-11+,18-13?. The summed E-state index contributed by atoms with van der Waals surface area (Å²) in [6, 6.07) is 16.0. The molecule has 3 rings (SSSR count). The predicted molar refractivity (Wildman–Crippen MR) is 92.9 cm³/mol. The Kier molecular flexibility index (Phi) is 4.20. The topological polar surface area (TPSA) is 38.7 Å². The van der Waals surface area contributed by atoms with E-state index >= 15 is 0 Å². The second-order valence-corrected chi connectivity index (χ2v) is 5.52. The summed E-state index contributed by atoms with van der Waals surface area (Å²) in [5.74, 6) is -0.108. The third-order valence-electron chi connectivity index (χ3n) is 3.51. The number of nitrogens with zero attached hydrogens (tertiary/aromatic N) is 1. The molecule has 3 heteroatoms. The van der Waals surface area contributed by atoms with E-state index in [2.05, 4.69) is 4.99 Å². The van der Waals surface area contributed by atoms with Gasteiger partial charge < -0.3 is 4.74 Å². The van der Waals surface area contributed by atoms with Gasteiger partial charge in [0.15, 0.2) is 5.70 Å². The highest BCUT2D eigenvalue weighted by molar-refractivity contribution is 6.11. The quantitative estimate of drug-likeness (QED) is 0.626. The first-order chi connectivity index (χ1) is 11.1. The Morgan fingerprint density at radius 2 is 1.39 bits per heavy atom. The molecular formula is C20H17NO2. The minimum Gasteiger partial charge on any atom is -0.403 e. The fraction of sp³-hybridized carbons (Fsp3) is 0.100. The van der Waals surface area contributed by atoms with Crippen molar-refractivity contribution in [3.8, 4) is 0 Å². The van der Waals surface area contributed by atoms with Crippen LogP contribution < -0.4 is 0 Å². The molecule has 114 valence electrons. The molecule has 0 aliphatic carbocycles. The van der Waals surface area contributed by atoms with Crippen molar-refractivity contribution >= 4 is 24.0 Å². The minimum atomic E-state index is -0.422. The second-order valence-electron chi connectivity index (χ2n) is 5.52. The van der Waals surface area contributed by atoms with Gasteiger partial charge in [-0.2, -0.15) is 0 Å². The van der Waals surface area contributed by atoms with Crippen LogP contribution in [0, 0.1) is 13.8 Å². The number of carbonyl (C=O) groups is 1. The monoisotopic (exact) mass is 303 g/mol. The zero-order valence-corrected chi connectivity index (χ0v) is 13.1. The molecule has 23 heavy (non-hydrogen) atoms. The highest BCUT2D eigenvalue weighted by atomic mass is 16.6. The summed E-state index contributed by atoms with van der Waals surface area (Å²) in [4.78, 5) is 16.1. The van der Waals surface area contributed by atoms with E-state index in [1.54, 1.807) is 12.2 Å². The van der Waals surface area contributed by atoms with Gasteiger partial charge in [-0.3, -0.25) is 0 Å². The van der Waals surface area contributed by atoms with Gasteiger partial charge >= 0.3 is 5.97 Å². The van der Waals surface area contributed by atoms with Crippen LogP contribution in [0.15, 0.2) is 65.3 Å². The first kappa shape index (κ1) is 15.0. The fourth-order valence-corrected chi connectivity index (χ4v) is 2.16. The van der Waals surface area contributed by atoms with E-state index in [4.69, 9.17) is 4.74 Å². The van der Waals surface area contributed by atoms with E-state index in [0.717, 1.165) is 11.1 Å². The lowest BCUT2D eigenvalue weighted by molar-refractivity contribution is -0.129. The highest BCUT2D eigenvalue weighted by Gasteiger charge is 2.20. The lowest BCUT2D eigenvalue weighted by atomic mass is 10.1. The van der Waals surface area contributed by atoms with E-state index in [1.165, 1.54) is 11.1 Å². The van der Waals surface area contributed by atoms with Crippen molar-refractivity contribution in [2.24, 2.45) is 4.99 Å². The molecule has 0 fully saturated rings. The predicted octanol–water partition coefficient (Wildman–Crippen LogP) is 4.31. The molecule has 0 N–H and O–H groups in total. The number of esters is 1. The van der Waals surface area contributed by atoms with Gasteiger partial charge in [-0.15, -0.1) is 0 Å². The van der Waals surface area contributed by atoms with E-state index in [1.807, 2.05) is 68.5 Å². The molecule has 0 atom stereocenters. The average Bonchev–Trinajstić information content (AvgIpc) is 2.89. The van der Waals surface area contributed by atoms with Crippen molar-refractivity contribution in [1.82, 2.24) is 0 Å². The highest BCUT2D eigenvalue weighted by Crippen LogP contribution is 2.17. The number of cyclic esters (lactones) is 1. The molecule has 0 amide bonds. The maximum absolute atomic E-state index is 11.9. The first-order valence-electron chi connectivity index (χ1n) is 7.44. The third-order valence-corrected chi connectivity index (χ3v) is 3.51. The lowest BCUT2D eigenvalue weighted by Gasteiger charge is -1.95. The zero-order chi connectivity index (χ0) is 16.2. The molecule has 0 aromatic heterocycles. The maximum atomic E-state index is 11.9. The van der Waals surface area contributed by atoms with Crippen molar-refractivity contribution in [3.63, 3.8) is 0 Å².